The Morgan fingerprint density at radius 1 is 1.33 bits per heavy atom. The lowest BCUT2D eigenvalue weighted by atomic mass is 10.0. The fraction of sp³-hybridized carbons (Fsp3) is 0.417. The van der Waals surface area contributed by atoms with Gasteiger partial charge in [-0.25, -0.2) is 13.2 Å². The van der Waals surface area contributed by atoms with Gasteiger partial charge in [-0.1, -0.05) is 0 Å². The number of methoxy groups -OCH3 is 1. The highest BCUT2D eigenvalue weighted by Crippen LogP contribution is 2.24. The molecule has 0 aliphatic carbocycles. The van der Waals surface area contributed by atoms with Crippen LogP contribution >= 0.6 is 0 Å². The van der Waals surface area contributed by atoms with E-state index in [-0.39, 0.29) is 18.4 Å². The summed E-state index contributed by atoms with van der Waals surface area (Å²) in [5.74, 6) is -3.44. The third-order valence-electron chi connectivity index (χ3n) is 2.54. The standard InChI is InChI=1S/C12H14F3NO2/c1-18-11(17)4-2-3-10(16)12-8(14)5-7(13)6-9(12)15/h5-6,10H,2-4,16H2,1H3. The van der Waals surface area contributed by atoms with Gasteiger partial charge < -0.3 is 10.5 Å². The van der Waals surface area contributed by atoms with E-state index in [2.05, 4.69) is 4.74 Å². The van der Waals surface area contributed by atoms with Gasteiger partial charge in [0.1, 0.15) is 17.5 Å². The third-order valence-corrected chi connectivity index (χ3v) is 2.54. The quantitative estimate of drug-likeness (QED) is 0.828. The first-order chi connectivity index (χ1) is 8.45. The fourth-order valence-electron chi connectivity index (χ4n) is 1.62. The summed E-state index contributed by atoms with van der Waals surface area (Å²) in [5.41, 5.74) is 5.26. The third kappa shape index (κ3) is 3.73. The van der Waals surface area contributed by atoms with E-state index in [1.807, 2.05) is 0 Å². The van der Waals surface area contributed by atoms with Crippen molar-refractivity contribution >= 4 is 5.97 Å². The van der Waals surface area contributed by atoms with E-state index in [0.29, 0.717) is 18.6 Å². The van der Waals surface area contributed by atoms with Crippen molar-refractivity contribution in [2.45, 2.75) is 25.3 Å². The number of carbonyl (C=O) groups is 1. The van der Waals surface area contributed by atoms with Crippen molar-refractivity contribution in [1.29, 1.82) is 0 Å². The number of benzene rings is 1. The van der Waals surface area contributed by atoms with Gasteiger partial charge in [0.15, 0.2) is 0 Å². The molecule has 0 aromatic heterocycles. The molecule has 0 radical (unpaired) electrons. The van der Waals surface area contributed by atoms with Crippen molar-refractivity contribution in [2.75, 3.05) is 7.11 Å². The van der Waals surface area contributed by atoms with Crippen molar-refractivity contribution in [2.24, 2.45) is 5.73 Å². The Hall–Kier alpha value is -1.56. The lowest BCUT2D eigenvalue weighted by Gasteiger charge is -2.13. The molecule has 1 rings (SSSR count). The van der Waals surface area contributed by atoms with E-state index in [1.54, 1.807) is 0 Å². The smallest absolute Gasteiger partial charge is 0.305 e. The fourth-order valence-corrected chi connectivity index (χ4v) is 1.62. The molecule has 0 aliphatic rings. The normalized spacial score (nSPS) is 12.3. The minimum absolute atomic E-state index is 0.120. The van der Waals surface area contributed by atoms with E-state index in [1.165, 1.54) is 7.11 Å². The number of esters is 1. The summed E-state index contributed by atoms with van der Waals surface area (Å²) in [4.78, 5) is 10.8. The molecule has 18 heavy (non-hydrogen) atoms. The zero-order chi connectivity index (χ0) is 13.7. The summed E-state index contributed by atoms with van der Waals surface area (Å²) in [6.45, 7) is 0. The number of rotatable bonds is 5. The van der Waals surface area contributed by atoms with E-state index in [9.17, 15) is 18.0 Å². The van der Waals surface area contributed by atoms with Crippen LogP contribution in [-0.2, 0) is 9.53 Å². The SMILES string of the molecule is COC(=O)CCCC(N)c1c(F)cc(F)cc1F. The summed E-state index contributed by atoms with van der Waals surface area (Å²) in [6, 6.07) is 0.243. The second-order valence-electron chi connectivity index (χ2n) is 3.86. The average molecular weight is 261 g/mol. The van der Waals surface area contributed by atoms with Crippen LogP contribution in [-0.4, -0.2) is 13.1 Å². The first kappa shape index (κ1) is 14.5. The van der Waals surface area contributed by atoms with Crippen molar-refractivity contribution in [1.82, 2.24) is 0 Å². The van der Waals surface area contributed by atoms with Crippen LogP contribution in [0.25, 0.3) is 0 Å². The molecule has 1 aromatic carbocycles. The largest absolute Gasteiger partial charge is 0.469 e. The lowest BCUT2D eigenvalue weighted by molar-refractivity contribution is -0.140. The van der Waals surface area contributed by atoms with Gasteiger partial charge in [-0.3, -0.25) is 4.79 Å². The summed E-state index contributed by atoms with van der Waals surface area (Å²) in [7, 11) is 1.25. The zero-order valence-electron chi connectivity index (χ0n) is 9.88. The van der Waals surface area contributed by atoms with Crippen LogP contribution in [0.3, 0.4) is 0 Å². The molecule has 0 heterocycles. The number of halogens is 3. The molecular formula is C12H14F3NO2. The van der Waals surface area contributed by atoms with Gasteiger partial charge in [0, 0.05) is 30.2 Å². The van der Waals surface area contributed by atoms with E-state index in [4.69, 9.17) is 5.73 Å². The molecule has 0 saturated carbocycles. The number of hydrogen-bond acceptors (Lipinski definition) is 3. The Morgan fingerprint density at radius 3 is 2.39 bits per heavy atom. The molecule has 3 nitrogen and oxygen atoms in total. The van der Waals surface area contributed by atoms with Crippen molar-refractivity contribution in [3.05, 3.63) is 35.1 Å². The molecule has 0 saturated heterocycles. The summed E-state index contributed by atoms with van der Waals surface area (Å²) in [5, 5.41) is 0. The Kier molecular flexibility index (Phi) is 5.15. The van der Waals surface area contributed by atoms with Crippen LogP contribution in [0.5, 0.6) is 0 Å². The minimum atomic E-state index is -1.02. The Labute approximate surface area is 103 Å². The second-order valence-corrected chi connectivity index (χ2v) is 3.86. The van der Waals surface area contributed by atoms with Gasteiger partial charge in [0.05, 0.1) is 7.11 Å². The first-order valence-electron chi connectivity index (χ1n) is 5.42. The van der Waals surface area contributed by atoms with Gasteiger partial charge in [0.2, 0.25) is 0 Å². The second kappa shape index (κ2) is 6.39. The number of hydrogen-bond donors (Lipinski definition) is 1. The first-order valence-corrected chi connectivity index (χ1v) is 5.42. The number of ether oxygens (including phenoxy) is 1. The molecule has 1 unspecified atom stereocenters. The molecule has 0 spiro atoms. The Balaban J connectivity index is 2.67. The molecule has 100 valence electrons. The van der Waals surface area contributed by atoms with Gasteiger partial charge in [-0.2, -0.15) is 0 Å². The van der Waals surface area contributed by atoms with Gasteiger partial charge in [-0.15, -0.1) is 0 Å². The maximum Gasteiger partial charge on any atom is 0.305 e. The average Bonchev–Trinajstić information content (AvgIpc) is 2.27. The minimum Gasteiger partial charge on any atom is -0.469 e. The van der Waals surface area contributed by atoms with Gasteiger partial charge in [0.25, 0.3) is 0 Å². The van der Waals surface area contributed by atoms with Gasteiger partial charge >= 0.3 is 5.97 Å². The summed E-state index contributed by atoms with van der Waals surface area (Å²) >= 11 is 0. The highest BCUT2D eigenvalue weighted by Gasteiger charge is 2.18. The van der Waals surface area contributed by atoms with E-state index < -0.39 is 29.5 Å². The molecule has 0 bridgehead atoms. The molecular weight excluding hydrogens is 247 g/mol. The Morgan fingerprint density at radius 2 is 1.89 bits per heavy atom. The van der Waals surface area contributed by atoms with Crippen LogP contribution < -0.4 is 5.73 Å². The Bertz CT molecular complexity index is 414. The van der Waals surface area contributed by atoms with Crippen LogP contribution in [0.2, 0.25) is 0 Å². The van der Waals surface area contributed by atoms with E-state index >= 15 is 0 Å². The predicted molar refractivity (Wildman–Crippen MR) is 59.1 cm³/mol. The molecule has 1 aromatic rings. The van der Waals surface area contributed by atoms with Crippen molar-refractivity contribution in [3.8, 4) is 0 Å². The monoisotopic (exact) mass is 261 g/mol. The van der Waals surface area contributed by atoms with E-state index in [0.717, 1.165) is 0 Å². The molecule has 2 N–H and O–H groups in total. The molecule has 0 fully saturated rings. The van der Waals surface area contributed by atoms with Crippen LogP contribution in [0.1, 0.15) is 30.9 Å². The van der Waals surface area contributed by atoms with Crippen molar-refractivity contribution in [3.63, 3.8) is 0 Å². The molecule has 1 atom stereocenters. The number of nitrogens with two attached hydrogens (primary N) is 1. The lowest BCUT2D eigenvalue weighted by Crippen LogP contribution is -2.15. The van der Waals surface area contributed by atoms with Crippen LogP contribution in [0.15, 0.2) is 12.1 Å². The highest BCUT2D eigenvalue weighted by atomic mass is 19.1. The predicted octanol–water partition coefficient (Wildman–Crippen LogP) is 2.45. The van der Waals surface area contributed by atoms with Crippen LogP contribution in [0, 0.1) is 17.5 Å². The topological polar surface area (TPSA) is 52.3 Å². The maximum absolute atomic E-state index is 13.4. The van der Waals surface area contributed by atoms with Gasteiger partial charge in [-0.05, 0) is 12.8 Å². The van der Waals surface area contributed by atoms with Crippen molar-refractivity contribution < 1.29 is 22.7 Å². The summed E-state index contributed by atoms with van der Waals surface area (Å²) in [6.07, 6.45) is 0.660. The highest BCUT2D eigenvalue weighted by molar-refractivity contribution is 5.68. The maximum atomic E-state index is 13.4. The number of carbonyl (C=O) groups excluding carboxylic acids is 1. The van der Waals surface area contributed by atoms with Crippen LogP contribution in [0.4, 0.5) is 13.2 Å². The zero-order valence-corrected chi connectivity index (χ0v) is 9.88. The molecule has 0 aliphatic heterocycles. The summed E-state index contributed by atoms with van der Waals surface area (Å²) < 4.78 is 43.8. The molecule has 0 amide bonds. The molecule has 6 heteroatoms.